The quantitative estimate of drug-likeness (QED) is 0.931. The van der Waals surface area contributed by atoms with Gasteiger partial charge in [-0.05, 0) is 29.7 Å². The second-order valence-electron chi connectivity index (χ2n) is 5.34. The molecule has 0 fully saturated rings. The highest BCUT2D eigenvalue weighted by Crippen LogP contribution is 2.17. The molecule has 0 bridgehead atoms. The van der Waals surface area contributed by atoms with Gasteiger partial charge in [-0.25, -0.2) is 4.39 Å². The lowest BCUT2D eigenvalue weighted by Crippen LogP contribution is -2.29. The number of nitrogens with zero attached hydrogens (tertiary/aromatic N) is 1. The Bertz CT molecular complexity index is 632. The highest BCUT2D eigenvalue weighted by atomic mass is 19.1. The molecule has 1 unspecified atom stereocenters. The SMILES string of the molecule is CC(C)Cn1cccc(C(N)c2ccc(F)cc2)c1=O. The van der Waals surface area contributed by atoms with Gasteiger partial charge in [0.2, 0.25) is 0 Å². The predicted octanol–water partition coefficient (Wildman–Crippen LogP) is 2.69. The summed E-state index contributed by atoms with van der Waals surface area (Å²) < 4.78 is 14.6. The monoisotopic (exact) mass is 274 g/mol. The van der Waals surface area contributed by atoms with E-state index in [1.165, 1.54) is 12.1 Å². The Kier molecular flexibility index (Phi) is 4.35. The lowest BCUT2D eigenvalue weighted by Gasteiger charge is -2.15. The lowest BCUT2D eigenvalue weighted by molar-refractivity contribution is 0.507. The molecule has 1 aromatic heterocycles. The third kappa shape index (κ3) is 3.14. The molecule has 0 aliphatic rings. The molecule has 0 amide bonds. The van der Waals surface area contributed by atoms with Crippen molar-refractivity contribution in [1.29, 1.82) is 0 Å². The Morgan fingerprint density at radius 3 is 2.45 bits per heavy atom. The van der Waals surface area contributed by atoms with Crippen LogP contribution in [-0.2, 0) is 6.54 Å². The molecule has 0 aliphatic carbocycles. The molecule has 106 valence electrons. The van der Waals surface area contributed by atoms with E-state index in [0.29, 0.717) is 18.0 Å². The molecule has 0 radical (unpaired) electrons. The molecule has 1 heterocycles. The smallest absolute Gasteiger partial charge is 0.255 e. The minimum Gasteiger partial charge on any atom is -0.320 e. The van der Waals surface area contributed by atoms with Crippen LogP contribution < -0.4 is 11.3 Å². The molecular formula is C16H19FN2O. The molecule has 1 aromatic carbocycles. The van der Waals surface area contributed by atoms with E-state index in [9.17, 15) is 9.18 Å². The number of benzene rings is 1. The minimum absolute atomic E-state index is 0.0852. The van der Waals surface area contributed by atoms with Crippen LogP contribution in [-0.4, -0.2) is 4.57 Å². The van der Waals surface area contributed by atoms with Crippen LogP contribution in [0.1, 0.15) is 31.0 Å². The van der Waals surface area contributed by atoms with Gasteiger partial charge in [0.15, 0.2) is 0 Å². The van der Waals surface area contributed by atoms with E-state index in [1.807, 2.05) is 6.07 Å². The van der Waals surface area contributed by atoms with Gasteiger partial charge in [-0.15, -0.1) is 0 Å². The van der Waals surface area contributed by atoms with Gasteiger partial charge in [-0.2, -0.15) is 0 Å². The summed E-state index contributed by atoms with van der Waals surface area (Å²) in [4.78, 5) is 12.4. The van der Waals surface area contributed by atoms with Gasteiger partial charge in [0.05, 0.1) is 6.04 Å². The van der Waals surface area contributed by atoms with E-state index >= 15 is 0 Å². The normalized spacial score (nSPS) is 12.7. The molecule has 20 heavy (non-hydrogen) atoms. The topological polar surface area (TPSA) is 48.0 Å². The van der Waals surface area contributed by atoms with Gasteiger partial charge in [0.25, 0.3) is 5.56 Å². The first-order chi connectivity index (χ1) is 9.49. The van der Waals surface area contributed by atoms with E-state index in [0.717, 1.165) is 5.56 Å². The summed E-state index contributed by atoms with van der Waals surface area (Å²) in [6, 6.07) is 8.94. The molecule has 0 spiro atoms. The standard InChI is InChI=1S/C16H19FN2O/c1-11(2)10-19-9-3-4-14(16(19)20)15(18)12-5-7-13(17)8-6-12/h3-9,11,15H,10,18H2,1-2H3. The molecule has 2 aromatic rings. The van der Waals surface area contributed by atoms with E-state index in [2.05, 4.69) is 13.8 Å². The van der Waals surface area contributed by atoms with Crippen molar-refractivity contribution in [2.24, 2.45) is 11.7 Å². The molecule has 4 heteroatoms. The Morgan fingerprint density at radius 1 is 1.20 bits per heavy atom. The first-order valence-electron chi connectivity index (χ1n) is 6.69. The van der Waals surface area contributed by atoms with Crippen molar-refractivity contribution in [2.45, 2.75) is 26.4 Å². The number of hydrogen-bond donors (Lipinski definition) is 1. The van der Waals surface area contributed by atoms with Crippen molar-refractivity contribution in [3.63, 3.8) is 0 Å². The van der Waals surface area contributed by atoms with Crippen LogP contribution in [0.15, 0.2) is 47.4 Å². The summed E-state index contributed by atoms with van der Waals surface area (Å²) in [6.07, 6.45) is 1.77. The summed E-state index contributed by atoms with van der Waals surface area (Å²) in [5.74, 6) is 0.0660. The summed E-state index contributed by atoms with van der Waals surface area (Å²) in [7, 11) is 0. The number of hydrogen-bond acceptors (Lipinski definition) is 2. The van der Waals surface area contributed by atoms with Crippen LogP contribution in [0.4, 0.5) is 4.39 Å². The Balaban J connectivity index is 2.37. The van der Waals surface area contributed by atoms with Crippen LogP contribution in [0.2, 0.25) is 0 Å². The molecule has 0 aliphatic heterocycles. The molecule has 1 atom stereocenters. The van der Waals surface area contributed by atoms with Crippen molar-refractivity contribution in [3.05, 3.63) is 69.9 Å². The average Bonchev–Trinajstić information content (AvgIpc) is 2.41. The van der Waals surface area contributed by atoms with E-state index < -0.39 is 6.04 Å². The van der Waals surface area contributed by atoms with Gasteiger partial charge in [-0.1, -0.05) is 32.0 Å². The molecule has 3 nitrogen and oxygen atoms in total. The van der Waals surface area contributed by atoms with Gasteiger partial charge in [0, 0.05) is 18.3 Å². The fourth-order valence-electron chi connectivity index (χ4n) is 2.18. The van der Waals surface area contributed by atoms with Gasteiger partial charge < -0.3 is 10.3 Å². The minimum atomic E-state index is -0.539. The van der Waals surface area contributed by atoms with E-state index in [1.54, 1.807) is 29.0 Å². The molecule has 0 saturated heterocycles. The van der Waals surface area contributed by atoms with Crippen LogP contribution in [0.25, 0.3) is 0 Å². The maximum atomic E-state index is 12.9. The molecule has 0 saturated carbocycles. The summed E-state index contributed by atoms with van der Waals surface area (Å²) in [5, 5.41) is 0. The highest BCUT2D eigenvalue weighted by Gasteiger charge is 2.14. The second kappa shape index (κ2) is 6.01. The fourth-order valence-corrected chi connectivity index (χ4v) is 2.18. The van der Waals surface area contributed by atoms with Crippen LogP contribution in [0.5, 0.6) is 0 Å². The van der Waals surface area contributed by atoms with Crippen LogP contribution in [0, 0.1) is 11.7 Å². The first-order valence-corrected chi connectivity index (χ1v) is 6.69. The second-order valence-corrected chi connectivity index (χ2v) is 5.34. The Morgan fingerprint density at radius 2 is 1.85 bits per heavy atom. The number of pyridine rings is 1. The number of rotatable bonds is 4. The third-order valence-electron chi connectivity index (χ3n) is 3.18. The zero-order valence-corrected chi connectivity index (χ0v) is 11.7. The Labute approximate surface area is 117 Å². The maximum Gasteiger partial charge on any atom is 0.255 e. The number of halogens is 1. The molecular weight excluding hydrogens is 255 g/mol. The average molecular weight is 274 g/mol. The maximum absolute atomic E-state index is 12.9. The van der Waals surface area contributed by atoms with Crippen molar-refractivity contribution in [2.75, 3.05) is 0 Å². The lowest BCUT2D eigenvalue weighted by atomic mass is 10.0. The van der Waals surface area contributed by atoms with Crippen molar-refractivity contribution < 1.29 is 4.39 Å². The van der Waals surface area contributed by atoms with Crippen molar-refractivity contribution in [3.8, 4) is 0 Å². The number of nitrogens with two attached hydrogens (primary N) is 1. The van der Waals surface area contributed by atoms with Crippen LogP contribution in [0.3, 0.4) is 0 Å². The summed E-state index contributed by atoms with van der Waals surface area (Å²) in [5.41, 5.74) is 7.30. The van der Waals surface area contributed by atoms with E-state index in [-0.39, 0.29) is 11.4 Å². The van der Waals surface area contributed by atoms with Crippen molar-refractivity contribution >= 4 is 0 Å². The van der Waals surface area contributed by atoms with Gasteiger partial charge in [-0.3, -0.25) is 4.79 Å². The zero-order chi connectivity index (χ0) is 14.7. The van der Waals surface area contributed by atoms with Crippen molar-refractivity contribution in [1.82, 2.24) is 4.57 Å². The van der Waals surface area contributed by atoms with Gasteiger partial charge >= 0.3 is 0 Å². The first kappa shape index (κ1) is 14.5. The largest absolute Gasteiger partial charge is 0.320 e. The molecule has 2 N–H and O–H groups in total. The zero-order valence-electron chi connectivity index (χ0n) is 11.7. The fraction of sp³-hybridized carbons (Fsp3) is 0.312. The van der Waals surface area contributed by atoms with Gasteiger partial charge in [0.1, 0.15) is 5.82 Å². The summed E-state index contributed by atoms with van der Waals surface area (Å²) >= 11 is 0. The number of aromatic nitrogens is 1. The summed E-state index contributed by atoms with van der Waals surface area (Å²) in [6.45, 7) is 4.76. The molecule has 2 rings (SSSR count). The Hall–Kier alpha value is -1.94. The van der Waals surface area contributed by atoms with E-state index in [4.69, 9.17) is 5.73 Å². The third-order valence-corrected chi connectivity index (χ3v) is 3.18. The van der Waals surface area contributed by atoms with Crippen LogP contribution >= 0.6 is 0 Å². The predicted molar refractivity (Wildman–Crippen MR) is 78.0 cm³/mol. The highest BCUT2D eigenvalue weighted by molar-refractivity contribution is 5.29.